The van der Waals surface area contributed by atoms with Crippen molar-refractivity contribution in [3.8, 4) is 11.5 Å². The standard InChI is InChI=1S/C20H21NO4/c1-12-9-16(22)15(11-21-7-3-4-8-21)20-18(12)19(23)17(25-20)10-14-6-5-13(2)24-14/h5-6,9-10,22H,3-4,7-8,11H2,1-2H3/b17-10-. The van der Waals surface area contributed by atoms with Crippen LogP contribution >= 0.6 is 0 Å². The Bertz CT molecular complexity index is 872. The summed E-state index contributed by atoms with van der Waals surface area (Å²) in [4.78, 5) is 15.1. The zero-order valence-corrected chi connectivity index (χ0v) is 14.5. The average Bonchev–Trinajstić information content (AvgIpc) is 3.27. The molecule has 25 heavy (non-hydrogen) atoms. The summed E-state index contributed by atoms with van der Waals surface area (Å²) in [5.41, 5.74) is 1.96. The molecule has 1 fully saturated rings. The quantitative estimate of drug-likeness (QED) is 0.862. The Morgan fingerprint density at radius 3 is 2.68 bits per heavy atom. The highest BCUT2D eigenvalue weighted by Gasteiger charge is 2.34. The first-order valence-corrected chi connectivity index (χ1v) is 8.61. The predicted molar refractivity (Wildman–Crippen MR) is 93.7 cm³/mol. The molecule has 3 heterocycles. The number of hydrogen-bond acceptors (Lipinski definition) is 5. The number of aromatic hydroxyl groups is 1. The average molecular weight is 339 g/mol. The van der Waals surface area contributed by atoms with E-state index in [1.165, 1.54) is 0 Å². The van der Waals surface area contributed by atoms with E-state index in [2.05, 4.69) is 4.90 Å². The van der Waals surface area contributed by atoms with Crippen LogP contribution < -0.4 is 4.74 Å². The van der Waals surface area contributed by atoms with Gasteiger partial charge in [0, 0.05) is 12.6 Å². The number of phenolic OH excluding ortho intramolecular Hbond substituents is 1. The monoisotopic (exact) mass is 339 g/mol. The zero-order chi connectivity index (χ0) is 17.6. The fraction of sp³-hybridized carbons (Fsp3) is 0.350. The highest BCUT2D eigenvalue weighted by atomic mass is 16.5. The van der Waals surface area contributed by atoms with Gasteiger partial charge in [-0.15, -0.1) is 0 Å². The molecule has 0 spiro atoms. The molecule has 2 aliphatic heterocycles. The summed E-state index contributed by atoms with van der Waals surface area (Å²) in [6.45, 7) is 6.27. The number of carbonyl (C=O) groups is 1. The largest absolute Gasteiger partial charge is 0.507 e. The Hall–Kier alpha value is -2.53. The van der Waals surface area contributed by atoms with Gasteiger partial charge in [-0.1, -0.05) is 0 Å². The van der Waals surface area contributed by atoms with Gasteiger partial charge in [0.25, 0.3) is 0 Å². The third kappa shape index (κ3) is 2.85. The minimum Gasteiger partial charge on any atom is -0.507 e. The topological polar surface area (TPSA) is 62.9 Å². The predicted octanol–water partition coefficient (Wildman–Crippen LogP) is 3.81. The molecule has 5 heteroatoms. The van der Waals surface area contributed by atoms with Gasteiger partial charge in [0.2, 0.25) is 5.78 Å². The van der Waals surface area contributed by atoms with E-state index in [4.69, 9.17) is 9.15 Å². The maximum atomic E-state index is 12.8. The first-order chi connectivity index (χ1) is 12.0. The number of fused-ring (bicyclic) bond motifs is 1. The number of ketones is 1. The summed E-state index contributed by atoms with van der Waals surface area (Å²) in [6, 6.07) is 5.30. The molecule has 1 N–H and O–H groups in total. The van der Waals surface area contributed by atoms with Crippen LogP contribution in [0, 0.1) is 13.8 Å². The molecule has 0 bridgehead atoms. The summed E-state index contributed by atoms with van der Waals surface area (Å²) >= 11 is 0. The van der Waals surface area contributed by atoms with E-state index in [1.54, 1.807) is 18.2 Å². The number of allylic oxidation sites excluding steroid dienone is 1. The second-order valence-electron chi connectivity index (χ2n) is 6.77. The molecule has 1 aromatic heterocycles. The highest BCUT2D eigenvalue weighted by molar-refractivity contribution is 6.15. The van der Waals surface area contributed by atoms with Crippen LogP contribution in [0.4, 0.5) is 0 Å². The van der Waals surface area contributed by atoms with E-state index in [0.717, 1.165) is 37.3 Å². The smallest absolute Gasteiger partial charge is 0.232 e. The Morgan fingerprint density at radius 2 is 2.00 bits per heavy atom. The van der Waals surface area contributed by atoms with Gasteiger partial charge in [-0.25, -0.2) is 0 Å². The number of rotatable bonds is 3. The van der Waals surface area contributed by atoms with Crippen LogP contribution in [0.2, 0.25) is 0 Å². The normalized spacial score (nSPS) is 18.8. The SMILES string of the molecule is Cc1ccc(/C=C2\Oc3c(CN4CCCC4)c(O)cc(C)c3C2=O)o1. The molecule has 4 rings (SSSR count). The molecule has 0 atom stereocenters. The van der Waals surface area contributed by atoms with Crippen molar-refractivity contribution in [1.82, 2.24) is 4.90 Å². The van der Waals surface area contributed by atoms with E-state index in [1.807, 2.05) is 19.9 Å². The lowest BCUT2D eigenvalue weighted by Crippen LogP contribution is -2.19. The number of benzene rings is 1. The molecule has 5 nitrogen and oxygen atoms in total. The number of hydrogen-bond donors (Lipinski definition) is 1. The number of Topliss-reactive ketones (excluding diaryl/α,β-unsaturated/α-hetero) is 1. The second-order valence-corrected chi connectivity index (χ2v) is 6.77. The fourth-order valence-corrected chi connectivity index (χ4v) is 3.56. The Morgan fingerprint density at radius 1 is 1.24 bits per heavy atom. The van der Waals surface area contributed by atoms with Crippen molar-refractivity contribution in [2.75, 3.05) is 13.1 Å². The Labute approximate surface area is 146 Å². The van der Waals surface area contributed by atoms with Crippen molar-refractivity contribution in [2.45, 2.75) is 33.2 Å². The van der Waals surface area contributed by atoms with E-state index in [0.29, 0.717) is 29.2 Å². The van der Waals surface area contributed by atoms with Gasteiger partial charge in [0.1, 0.15) is 23.0 Å². The molecule has 1 saturated heterocycles. The summed E-state index contributed by atoms with van der Waals surface area (Å²) in [6.07, 6.45) is 3.95. The molecule has 130 valence electrons. The fourth-order valence-electron chi connectivity index (χ4n) is 3.56. The number of carbonyl (C=O) groups excluding carboxylic acids is 1. The molecule has 0 unspecified atom stereocenters. The molecule has 0 amide bonds. The van der Waals surface area contributed by atoms with Crippen LogP contribution in [0.25, 0.3) is 6.08 Å². The molecular formula is C20H21NO4. The van der Waals surface area contributed by atoms with E-state index in [9.17, 15) is 9.90 Å². The lowest BCUT2D eigenvalue weighted by molar-refractivity contribution is 0.101. The molecule has 0 radical (unpaired) electrons. The molecule has 0 saturated carbocycles. The van der Waals surface area contributed by atoms with Crippen molar-refractivity contribution < 1.29 is 19.1 Å². The van der Waals surface area contributed by atoms with Gasteiger partial charge in [-0.2, -0.15) is 0 Å². The maximum Gasteiger partial charge on any atom is 0.232 e. The van der Waals surface area contributed by atoms with Gasteiger partial charge < -0.3 is 14.3 Å². The van der Waals surface area contributed by atoms with Gasteiger partial charge >= 0.3 is 0 Å². The lowest BCUT2D eigenvalue weighted by atomic mass is 9.99. The van der Waals surface area contributed by atoms with Crippen LogP contribution in [0.1, 0.15) is 45.8 Å². The van der Waals surface area contributed by atoms with Crippen LogP contribution in [0.5, 0.6) is 11.5 Å². The van der Waals surface area contributed by atoms with Crippen LogP contribution in [0.15, 0.2) is 28.4 Å². The minimum atomic E-state index is -0.163. The third-order valence-electron chi connectivity index (χ3n) is 4.84. The zero-order valence-electron chi connectivity index (χ0n) is 14.5. The molecule has 1 aromatic carbocycles. The van der Waals surface area contributed by atoms with Gasteiger partial charge in [-0.05, 0) is 63.5 Å². The van der Waals surface area contributed by atoms with Crippen LogP contribution in [0.3, 0.4) is 0 Å². The Kier molecular flexibility index (Phi) is 3.88. The van der Waals surface area contributed by atoms with Crippen molar-refractivity contribution in [1.29, 1.82) is 0 Å². The second kappa shape index (κ2) is 6.08. The van der Waals surface area contributed by atoms with Crippen molar-refractivity contribution in [3.05, 3.63) is 52.2 Å². The molecule has 2 aromatic rings. The number of nitrogens with zero attached hydrogens (tertiary/aromatic N) is 1. The maximum absolute atomic E-state index is 12.8. The Balaban J connectivity index is 1.73. The number of furan rings is 1. The minimum absolute atomic E-state index is 0.163. The highest BCUT2D eigenvalue weighted by Crippen LogP contribution is 2.42. The van der Waals surface area contributed by atoms with Crippen molar-refractivity contribution in [3.63, 3.8) is 0 Å². The number of phenols is 1. The van der Waals surface area contributed by atoms with Gasteiger partial charge in [0.05, 0.1) is 11.1 Å². The van der Waals surface area contributed by atoms with Gasteiger partial charge in [-0.3, -0.25) is 9.69 Å². The molecule has 2 aliphatic rings. The van der Waals surface area contributed by atoms with Crippen LogP contribution in [-0.2, 0) is 6.54 Å². The van der Waals surface area contributed by atoms with Crippen molar-refractivity contribution >= 4 is 11.9 Å². The van der Waals surface area contributed by atoms with Crippen molar-refractivity contribution in [2.24, 2.45) is 0 Å². The van der Waals surface area contributed by atoms with E-state index in [-0.39, 0.29) is 17.3 Å². The molecular weight excluding hydrogens is 318 g/mol. The number of ether oxygens (including phenoxy) is 1. The first-order valence-electron chi connectivity index (χ1n) is 8.61. The summed E-state index contributed by atoms with van der Waals surface area (Å²) in [5, 5.41) is 10.4. The summed E-state index contributed by atoms with van der Waals surface area (Å²) in [5.74, 6) is 2.11. The summed E-state index contributed by atoms with van der Waals surface area (Å²) in [7, 11) is 0. The lowest BCUT2D eigenvalue weighted by Gasteiger charge is -2.18. The molecule has 0 aliphatic carbocycles. The van der Waals surface area contributed by atoms with Gasteiger partial charge in [0.15, 0.2) is 5.76 Å². The van der Waals surface area contributed by atoms with E-state index >= 15 is 0 Å². The van der Waals surface area contributed by atoms with E-state index < -0.39 is 0 Å². The number of aryl methyl sites for hydroxylation is 2. The van der Waals surface area contributed by atoms with Crippen LogP contribution in [-0.4, -0.2) is 28.9 Å². The number of likely N-dealkylation sites (tertiary alicyclic amines) is 1. The first kappa shape index (κ1) is 16.0. The third-order valence-corrected chi connectivity index (χ3v) is 4.84. The summed E-state index contributed by atoms with van der Waals surface area (Å²) < 4.78 is 11.4.